The Morgan fingerprint density at radius 2 is 1.88 bits per heavy atom. The predicted octanol–water partition coefficient (Wildman–Crippen LogP) is 4.06. The van der Waals surface area contributed by atoms with Crippen molar-refractivity contribution in [2.45, 2.75) is 45.6 Å². The Kier molecular flexibility index (Phi) is 8.41. The molecule has 0 aliphatic heterocycles. The number of hydrogen-bond acceptors (Lipinski definition) is 3. The zero-order valence-corrected chi connectivity index (χ0v) is 18.0. The van der Waals surface area contributed by atoms with Crippen LogP contribution in [0.1, 0.15) is 50.6 Å². The van der Waals surface area contributed by atoms with Crippen molar-refractivity contribution in [2.24, 2.45) is 4.99 Å². The van der Waals surface area contributed by atoms with E-state index in [2.05, 4.69) is 72.7 Å². The fourth-order valence-corrected chi connectivity index (χ4v) is 2.37. The summed E-state index contributed by atoms with van der Waals surface area (Å²) in [6.07, 6.45) is 0. The van der Waals surface area contributed by atoms with Crippen LogP contribution in [0.4, 0.5) is 0 Å². The highest BCUT2D eigenvalue weighted by Gasteiger charge is 2.20. The molecule has 2 aromatic rings. The van der Waals surface area contributed by atoms with Crippen LogP contribution in [0.25, 0.3) is 0 Å². The summed E-state index contributed by atoms with van der Waals surface area (Å²) < 4.78 is 5.34. The zero-order valence-electron chi connectivity index (χ0n) is 15.7. The maximum atomic E-state index is 5.34. The highest BCUT2D eigenvalue weighted by molar-refractivity contribution is 14.0. The van der Waals surface area contributed by atoms with Crippen LogP contribution in [0.2, 0.25) is 0 Å². The van der Waals surface area contributed by atoms with Gasteiger partial charge in [0.2, 0.25) is 0 Å². The summed E-state index contributed by atoms with van der Waals surface area (Å²) in [5, 5.41) is 10.7. The van der Waals surface area contributed by atoms with Gasteiger partial charge in [-0.05, 0) is 11.5 Å². The molecule has 0 fully saturated rings. The minimum absolute atomic E-state index is 0. The third-order valence-electron chi connectivity index (χ3n) is 4.08. The molecule has 5 nitrogen and oxygen atoms in total. The lowest BCUT2D eigenvalue weighted by atomic mass is 9.85. The minimum Gasteiger partial charge on any atom is -0.359 e. The molecule has 1 aromatic heterocycles. The topological polar surface area (TPSA) is 62.5 Å². The molecule has 0 radical (unpaired) electrons. The first kappa shape index (κ1) is 21.5. The van der Waals surface area contributed by atoms with E-state index >= 15 is 0 Å². The van der Waals surface area contributed by atoms with Gasteiger partial charge in [-0.15, -0.1) is 24.0 Å². The van der Waals surface area contributed by atoms with Gasteiger partial charge in [-0.25, -0.2) is 0 Å². The molecule has 25 heavy (non-hydrogen) atoms. The number of aromatic nitrogens is 1. The third-order valence-corrected chi connectivity index (χ3v) is 4.08. The lowest BCUT2D eigenvalue weighted by Crippen LogP contribution is -2.43. The minimum atomic E-state index is 0. The monoisotopic (exact) mass is 456 g/mol. The quantitative estimate of drug-likeness (QED) is 0.391. The van der Waals surface area contributed by atoms with Crippen molar-refractivity contribution >= 4 is 29.9 Å². The Labute approximate surface area is 167 Å². The Morgan fingerprint density at radius 1 is 1.20 bits per heavy atom. The molecule has 2 N–H and O–H groups in total. The highest BCUT2D eigenvalue weighted by atomic mass is 127. The number of aliphatic imine (C=N–C) groups is 1. The van der Waals surface area contributed by atoms with E-state index in [0.29, 0.717) is 12.5 Å². The number of hydrogen-bond donors (Lipinski definition) is 2. The Hall–Kier alpha value is -1.57. The maximum absolute atomic E-state index is 5.34. The van der Waals surface area contributed by atoms with Crippen molar-refractivity contribution in [3.05, 3.63) is 53.4 Å². The van der Waals surface area contributed by atoms with Crippen molar-refractivity contribution in [3.63, 3.8) is 0 Å². The van der Waals surface area contributed by atoms with Gasteiger partial charge in [-0.2, -0.15) is 0 Å². The van der Waals surface area contributed by atoms with E-state index in [-0.39, 0.29) is 29.4 Å². The molecule has 2 rings (SSSR count). The molecule has 0 aliphatic rings. The van der Waals surface area contributed by atoms with Crippen molar-refractivity contribution in [2.75, 3.05) is 13.6 Å². The lowest BCUT2D eigenvalue weighted by Gasteiger charge is -2.26. The Morgan fingerprint density at radius 3 is 2.44 bits per heavy atom. The van der Waals surface area contributed by atoms with E-state index in [0.717, 1.165) is 24.0 Å². The van der Waals surface area contributed by atoms with Crippen molar-refractivity contribution in [3.8, 4) is 0 Å². The van der Waals surface area contributed by atoms with Crippen molar-refractivity contribution in [1.82, 2.24) is 15.8 Å². The summed E-state index contributed by atoms with van der Waals surface area (Å²) in [5.74, 6) is 1.93. The van der Waals surface area contributed by atoms with Gasteiger partial charge < -0.3 is 15.2 Å². The van der Waals surface area contributed by atoms with Gasteiger partial charge in [-0.1, -0.05) is 63.2 Å². The molecular formula is C19H29IN4O. The smallest absolute Gasteiger partial charge is 0.191 e. The van der Waals surface area contributed by atoms with Crippen LogP contribution in [-0.4, -0.2) is 24.7 Å². The van der Waals surface area contributed by atoms with E-state index in [4.69, 9.17) is 4.52 Å². The zero-order chi connectivity index (χ0) is 17.6. The van der Waals surface area contributed by atoms with Crippen LogP contribution in [0.15, 0.2) is 45.9 Å². The van der Waals surface area contributed by atoms with Crippen LogP contribution in [0.5, 0.6) is 0 Å². The second-order valence-electron chi connectivity index (χ2n) is 6.90. The second kappa shape index (κ2) is 9.79. The molecule has 0 unspecified atom stereocenters. The molecule has 1 heterocycles. The Balaban J connectivity index is 0.00000312. The van der Waals surface area contributed by atoms with Crippen LogP contribution >= 0.6 is 24.0 Å². The summed E-state index contributed by atoms with van der Waals surface area (Å²) in [5.41, 5.74) is 2.28. The number of halogens is 1. The SMILES string of the molecule is CN=C(NCc1cc(C(C)C)no1)NCC(C)(C)c1ccccc1.I. The van der Waals surface area contributed by atoms with Gasteiger partial charge in [0.1, 0.15) is 0 Å². The maximum Gasteiger partial charge on any atom is 0.191 e. The van der Waals surface area contributed by atoms with Gasteiger partial charge >= 0.3 is 0 Å². The van der Waals surface area contributed by atoms with Gasteiger partial charge in [0.25, 0.3) is 0 Å². The average Bonchev–Trinajstić information content (AvgIpc) is 3.05. The van der Waals surface area contributed by atoms with Crippen LogP contribution in [-0.2, 0) is 12.0 Å². The van der Waals surface area contributed by atoms with E-state index in [9.17, 15) is 0 Å². The fourth-order valence-electron chi connectivity index (χ4n) is 2.37. The molecule has 0 saturated carbocycles. The number of nitrogens with one attached hydrogen (secondary N) is 2. The van der Waals surface area contributed by atoms with Crippen molar-refractivity contribution in [1.29, 1.82) is 0 Å². The molecule has 0 amide bonds. The number of benzene rings is 1. The summed E-state index contributed by atoms with van der Waals surface area (Å²) in [6.45, 7) is 9.97. The van der Waals surface area contributed by atoms with Gasteiger partial charge in [0.05, 0.1) is 12.2 Å². The number of rotatable bonds is 6. The third kappa shape index (κ3) is 6.34. The molecule has 0 spiro atoms. The summed E-state index contributed by atoms with van der Waals surface area (Å²) in [6, 6.07) is 12.5. The number of guanidine groups is 1. The summed E-state index contributed by atoms with van der Waals surface area (Å²) in [7, 11) is 1.77. The van der Waals surface area contributed by atoms with Gasteiger partial charge in [-0.3, -0.25) is 4.99 Å². The number of nitrogens with zero attached hydrogens (tertiary/aromatic N) is 2. The van der Waals surface area contributed by atoms with Gasteiger partial charge in [0, 0.05) is 25.1 Å². The molecule has 6 heteroatoms. The summed E-state index contributed by atoms with van der Waals surface area (Å²) in [4.78, 5) is 4.27. The normalized spacial score (nSPS) is 12.0. The predicted molar refractivity (Wildman–Crippen MR) is 114 cm³/mol. The molecule has 0 saturated heterocycles. The molecular weight excluding hydrogens is 427 g/mol. The standard InChI is InChI=1S/C19H28N4O.HI/c1-14(2)17-11-16(24-23-17)12-21-18(20-5)22-13-19(3,4)15-9-7-6-8-10-15;/h6-11,14H,12-13H2,1-5H3,(H2,20,21,22);1H. The largest absolute Gasteiger partial charge is 0.359 e. The molecule has 0 bridgehead atoms. The molecule has 138 valence electrons. The lowest BCUT2D eigenvalue weighted by molar-refractivity contribution is 0.371. The highest BCUT2D eigenvalue weighted by Crippen LogP contribution is 2.21. The fraction of sp³-hybridized carbons (Fsp3) is 0.474. The van der Waals surface area contributed by atoms with E-state index in [1.807, 2.05) is 12.1 Å². The van der Waals surface area contributed by atoms with Crippen LogP contribution in [0, 0.1) is 0 Å². The summed E-state index contributed by atoms with van der Waals surface area (Å²) >= 11 is 0. The first-order valence-corrected chi connectivity index (χ1v) is 8.38. The van der Waals surface area contributed by atoms with E-state index < -0.39 is 0 Å². The van der Waals surface area contributed by atoms with Crippen LogP contribution in [0.3, 0.4) is 0 Å². The molecule has 0 atom stereocenters. The Bertz CT molecular complexity index is 665. The van der Waals surface area contributed by atoms with Crippen LogP contribution < -0.4 is 10.6 Å². The molecule has 0 aliphatic carbocycles. The molecule has 1 aromatic carbocycles. The first-order chi connectivity index (χ1) is 11.4. The average molecular weight is 456 g/mol. The second-order valence-corrected chi connectivity index (χ2v) is 6.90. The first-order valence-electron chi connectivity index (χ1n) is 8.38. The van der Waals surface area contributed by atoms with Crippen molar-refractivity contribution < 1.29 is 4.52 Å². The van der Waals surface area contributed by atoms with Gasteiger partial charge in [0.15, 0.2) is 11.7 Å². The van der Waals surface area contributed by atoms with E-state index in [1.54, 1.807) is 7.05 Å². The van der Waals surface area contributed by atoms with E-state index in [1.165, 1.54) is 5.56 Å².